The summed E-state index contributed by atoms with van der Waals surface area (Å²) in [5.41, 5.74) is 1.29. The summed E-state index contributed by atoms with van der Waals surface area (Å²) in [5, 5.41) is 2.94. The van der Waals surface area contributed by atoms with Gasteiger partial charge in [0.05, 0.1) is 12.7 Å². The van der Waals surface area contributed by atoms with Crippen molar-refractivity contribution in [2.45, 2.75) is 39.0 Å². The number of rotatable bonds is 6. The third-order valence-electron chi connectivity index (χ3n) is 4.28. The maximum Gasteiger partial charge on any atom is 0.337 e. The Balaban J connectivity index is 1.82. The molecule has 1 fully saturated rings. The number of carbonyl (C=O) groups is 2. The maximum atomic E-state index is 11.9. The van der Waals surface area contributed by atoms with Crippen LogP contribution in [0.15, 0.2) is 18.2 Å². The number of hydrogen-bond acceptors (Lipinski definition) is 4. The molecule has 1 aliphatic rings. The van der Waals surface area contributed by atoms with E-state index < -0.39 is 5.97 Å². The van der Waals surface area contributed by atoms with Crippen LogP contribution in [0.3, 0.4) is 0 Å². The molecule has 0 aliphatic heterocycles. The lowest BCUT2D eigenvalue weighted by Gasteiger charge is -2.21. The van der Waals surface area contributed by atoms with Gasteiger partial charge in [-0.05, 0) is 43.4 Å². The third-order valence-corrected chi connectivity index (χ3v) is 4.28. The highest BCUT2D eigenvalue weighted by Crippen LogP contribution is 2.23. The molecular formula is C18H25NO4. The molecule has 1 amide bonds. The number of benzene rings is 1. The lowest BCUT2D eigenvalue weighted by atomic mass is 9.89. The van der Waals surface area contributed by atoms with Crippen LogP contribution in [0.5, 0.6) is 5.75 Å². The van der Waals surface area contributed by atoms with E-state index in [9.17, 15) is 9.59 Å². The summed E-state index contributed by atoms with van der Waals surface area (Å²) in [6, 6.07) is 5.06. The van der Waals surface area contributed by atoms with Gasteiger partial charge < -0.3 is 14.8 Å². The first kappa shape index (κ1) is 17.3. The Bertz CT molecular complexity index is 550. The molecule has 0 unspecified atom stereocenters. The lowest BCUT2D eigenvalue weighted by Crippen LogP contribution is -2.33. The Morgan fingerprint density at radius 3 is 2.65 bits per heavy atom. The molecule has 1 N–H and O–H groups in total. The average Bonchev–Trinajstić information content (AvgIpc) is 2.59. The first-order valence-corrected chi connectivity index (χ1v) is 8.18. The minimum atomic E-state index is -0.420. The predicted molar refractivity (Wildman–Crippen MR) is 87.6 cm³/mol. The highest BCUT2D eigenvalue weighted by Gasteiger charge is 2.15. The second-order valence-corrected chi connectivity index (χ2v) is 6.07. The van der Waals surface area contributed by atoms with Crippen molar-refractivity contribution in [2.75, 3.05) is 20.3 Å². The number of ether oxygens (including phenoxy) is 2. The summed E-state index contributed by atoms with van der Waals surface area (Å²) in [6.07, 6.45) is 6.22. The van der Waals surface area contributed by atoms with Crippen molar-refractivity contribution in [3.05, 3.63) is 29.3 Å². The summed E-state index contributed by atoms with van der Waals surface area (Å²) in [7, 11) is 1.33. The Labute approximate surface area is 137 Å². The zero-order valence-electron chi connectivity index (χ0n) is 13.9. The van der Waals surface area contributed by atoms with Gasteiger partial charge in [0, 0.05) is 6.54 Å². The van der Waals surface area contributed by atoms with Crippen LogP contribution in [0, 0.1) is 12.8 Å². The first-order chi connectivity index (χ1) is 11.1. The summed E-state index contributed by atoms with van der Waals surface area (Å²) < 4.78 is 10.2. The van der Waals surface area contributed by atoms with E-state index in [4.69, 9.17) is 4.74 Å². The zero-order chi connectivity index (χ0) is 16.7. The van der Waals surface area contributed by atoms with E-state index in [1.54, 1.807) is 18.2 Å². The van der Waals surface area contributed by atoms with Gasteiger partial charge >= 0.3 is 5.97 Å². The molecule has 0 saturated heterocycles. The number of methoxy groups -OCH3 is 1. The van der Waals surface area contributed by atoms with E-state index in [1.807, 2.05) is 6.92 Å². The number of esters is 1. The summed E-state index contributed by atoms with van der Waals surface area (Å²) in [4.78, 5) is 23.5. The number of hydrogen-bond donors (Lipinski definition) is 1. The molecule has 0 radical (unpaired) electrons. The van der Waals surface area contributed by atoms with E-state index in [0.29, 0.717) is 17.2 Å². The summed E-state index contributed by atoms with van der Waals surface area (Å²) in [5.74, 6) is 0.577. The number of aryl methyl sites for hydroxylation is 1. The van der Waals surface area contributed by atoms with Crippen LogP contribution in [0.2, 0.25) is 0 Å². The topological polar surface area (TPSA) is 64.6 Å². The molecule has 126 valence electrons. The molecule has 23 heavy (non-hydrogen) atoms. The Morgan fingerprint density at radius 1 is 1.22 bits per heavy atom. The first-order valence-electron chi connectivity index (χ1n) is 8.18. The fraction of sp³-hybridized carbons (Fsp3) is 0.556. The normalized spacial score (nSPS) is 15.0. The zero-order valence-corrected chi connectivity index (χ0v) is 13.9. The minimum absolute atomic E-state index is 0.0435. The average molecular weight is 319 g/mol. The minimum Gasteiger partial charge on any atom is -0.483 e. The SMILES string of the molecule is COC(=O)c1ccc(C)c(OCC(=O)NCC2CCCCC2)c1. The number of carbonyl (C=O) groups excluding carboxylic acids is 2. The largest absolute Gasteiger partial charge is 0.483 e. The standard InChI is InChI=1S/C18H25NO4/c1-13-8-9-15(18(21)22-2)10-16(13)23-12-17(20)19-11-14-6-4-3-5-7-14/h8-10,14H,3-7,11-12H2,1-2H3,(H,19,20). The Kier molecular flexibility index (Phi) is 6.44. The third kappa shape index (κ3) is 5.27. The van der Waals surface area contributed by atoms with Crippen LogP contribution in [0.25, 0.3) is 0 Å². The molecule has 1 aromatic rings. The maximum absolute atomic E-state index is 11.9. The number of amides is 1. The highest BCUT2D eigenvalue weighted by molar-refractivity contribution is 5.90. The second kappa shape index (κ2) is 8.56. The predicted octanol–water partition coefficient (Wildman–Crippen LogP) is 2.86. The van der Waals surface area contributed by atoms with Crippen LogP contribution in [0.4, 0.5) is 0 Å². The van der Waals surface area contributed by atoms with Gasteiger partial charge in [-0.1, -0.05) is 25.3 Å². The van der Waals surface area contributed by atoms with Crippen molar-refractivity contribution >= 4 is 11.9 Å². The van der Waals surface area contributed by atoms with E-state index in [0.717, 1.165) is 12.1 Å². The van der Waals surface area contributed by atoms with Crippen molar-refractivity contribution < 1.29 is 19.1 Å². The van der Waals surface area contributed by atoms with Gasteiger partial charge in [-0.2, -0.15) is 0 Å². The number of nitrogens with one attached hydrogen (secondary N) is 1. The molecule has 0 spiro atoms. The molecular weight excluding hydrogens is 294 g/mol. The Hall–Kier alpha value is -2.04. The summed E-state index contributed by atoms with van der Waals surface area (Å²) in [6.45, 7) is 2.55. The quantitative estimate of drug-likeness (QED) is 0.819. The van der Waals surface area contributed by atoms with Crippen molar-refractivity contribution in [3.8, 4) is 5.75 Å². The molecule has 5 nitrogen and oxygen atoms in total. The molecule has 5 heteroatoms. The van der Waals surface area contributed by atoms with Crippen LogP contribution < -0.4 is 10.1 Å². The molecule has 0 heterocycles. The Morgan fingerprint density at radius 2 is 1.96 bits per heavy atom. The van der Waals surface area contributed by atoms with E-state index >= 15 is 0 Å². The summed E-state index contributed by atoms with van der Waals surface area (Å²) >= 11 is 0. The van der Waals surface area contributed by atoms with Crippen LogP contribution in [0.1, 0.15) is 48.0 Å². The lowest BCUT2D eigenvalue weighted by molar-refractivity contribution is -0.123. The van der Waals surface area contributed by atoms with Crippen LogP contribution in [-0.4, -0.2) is 32.1 Å². The van der Waals surface area contributed by atoms with Crippen molar-refractivity contribution in [2.24, 2.45) is 5.92 Å². The van der Waals surface area contributed by atoms with Gasteiger partial charge in [-0.25, -0.2) is 4.79 Å². The molecule has 1 aromatic carbocycles. The van der Waals surface area contributed by atoms with Gasteiger partial charge in [-0.15, -0.1) is 0 Å². The van der Waals surface area contributed by atoms with Gasteiger partial charge in [0.1, 0.15) is 5.75 Å². The highest BCUT2D eigenvalue weighted by atomic mass is 16.5. The molecule has 0 bridgehead atoms. The molecule has 1 saturated carbocycles. The van der Waals surface area contributed by atoms with Crippen molar-refractivity contribution in [1.29, 1.82) is 0 Å². The van der Waals surface area contributed by atoms with Crippen molar-refractivity contribution in [3.63, 3.8) is 0 Å². The van der Waals surface area contributed by atoms with E-state index in [2.05, 4.69) is 10.1 Å². The molecule has 0 atom stereocenters. The van der Waals surface area contributed by atoms with Crippen LogP contribution >= 0.6 is 0 Å². The van der Waals surface area contributed by atoms with Gasteiger partial charge in [0.25, 0.3) is 5.91 Å². The van der Waals surface area contributed by atoms with E-state index in [1.165, 1.54) is 39.2 Å². The smallest absolute Gasteiger partial charge is 0.337 e. The fourth-order valence-corrected chi connectivity index (χ4v) is 2.84. The fourth-order valence-electron chi connectivity index (χ4n) is 2.84. The monoisotopic (exact) mass is 319 g/mol. The second-order valence-electron chi connectivity index (χ2n) is 6.07. The van der Waals surface area contributed by atoms with Crippen LogP contribution in [-0.2, 0) is 9.53 Å². The van der Waals surface area contributed by atoms with Gasteiger partial charge in [0.2, 0.25) is 0 Å². The molecule has 2 rings (SSSR count). The van der Waals surface area contributed by atoms with Crippen molar-refractivity contribution in [1.82, 2.24) is 5.32 Å². The van der Waals surface area contributed by atoms with E-state index in [-0.39, 0.29) is 12.5 Å². The van der Waals surface area contributed by atoms with Gasteiger partial charge in [0.15, 0.2) is 6.61 Å². The van der Waals surface area contributed by atoms with Gasteiger partial charge in [-0.3, -0.25) is 4.79 Å². The molecule has 1 aliphatic carbocycles. The molecule has 0 aromatic heterocycles.